The van der Waals surface area contributed by atoms with Crippen LogP contribution in [0.2, 0.25) is 0 Å². The predicted molar refractivity (Wildman–Crippen MR) is 158 cm³/mol. The van der Waals surface area contributed by atoms with Crippen LogP contribution in [0.15, 0.2) is 83.3 Å². The molecule has 212 valence electrons. The van der Waals surface area contributed by atoms with E-state index in [-0.39, 0.29) is 19.8 Å². The Labute approximate surface area is 247 Å². The van der Waals surface area contributed by atoms with Crippen LogP contribution in [0.25, 0.3) is 11.1 Å². The van der Waals surface area contributed by atoms with Crippen LogP contribution in [0.1, 0.15) is 32.9 Å². The molecule has 0 saturated heterocycles. The molecular formula is C31H31BrN4O5. The van der Waals surface area contributed by atoms with Crippen LogP contribution in [0.5, 0.6) is 0 Å². The lowest BCUT2D eigenvalue weighted by atomic mass is 10.0. The normalized spacial score (nSPS) is 11.4. The first-order valence-electron chi connectivity index (χ1n) is 13.0. The van der Waals surface area contributed by atoms with Crippen LogP contribution in [0.3, 0.4) is 0 Å². The van der Waals surface area contributed by atoms with Gasteiger partial charge in [0.1, 0.15) is 19.3 Å². The van der Waals surface area contributed by atoms with E-state index in [1.165, 1.54) is 0 Å². The van der Waals surface area contributed by atoms with Gasteiger partial charge in [0.25, 0.3) is 5.91 Å². The highest BCUT2D eigenvalue weighted by molar-refractivity contribution is 9.10. The summed E-state index contributed by atoms with van der Waals surface area (Å²) in [6.45, 7) is 3.71. The maximum absolute atomic E-state index is 13.2. The highest BCUT2D eigenvalue weighted by atomic mass is 79.9. The molecular weight excluding hydrogens is 588 g/mol. The molecule has 0 radical (unpaired) electrons. The Bertz CT molecular complexity index is 1520. The largest absolute Gasteiger partial charge is 0.459 e. The van der Waals surface area contributed by atoms with E-state index in [1.54, 1.807) is 16.8 Å². The van der Waals surface area contributed by atoms with E-state index in [2.05, 4.69) is 31.7 Å². The second-order valence-electron chi connectivity index (χ2n) is 9.46. The molecule has 1 atom stereocenters. The van der Waals surface area contributed by atoms with Crippen LogP contribution in [-0.2, 0) is 34.5 Å². The number of nitrogens with one attached hydrogen (secondary N) is 2. The number of benzene rings is 3. The number of hydrogen-bond donors (Lipinski definition) is 2. The number of ether oxygens (including phenoxy) is 2. The molecule has 41 heavy (non-hydrogen) atoms. The van der Waals surface area contributed by atoms with Crippen molar-refractivity contribution < 1.29 is 23.9 Å². The maximum Gasteiger partial charge on any atom is 0.408 e. The standard InChI is InChI=1S/C31H31BrN4O5/c1-20-28(21(2)36(3)35-20)24-14-25(16-26(32)15-24)29(37)33-17-27(30(38)40-18-22-10-6-4-7-11-22)34-31(39)41-19-23-12-8-5-9-13-23/h4-16,27H,17-19H2,1-3H3,(H,33,37)(H,34,39)/t27-/m1/s1. The highest BCUT2D eigenvalue weighted by Gasteiger charge is 2.25. The summed E-state index contributed by atoms with van der Waals surface area (Å²) in [6.07, 6.45) is -0.808. The number of aromatic nitrogens is 2. The third kappa shape index (κ3) is 8.04. The summed E-state index contributed by atoms with van der Waals surface area (Å²) in [5.41, 5.74) is 5.53. The molecule has 0 saturated carbocycles. The minimum atomic E-state index is -1.18. The van der Waals surface area contributed by atoms with E-state index in [0.29, 0.717) is 10.0 Å². The van der Waals surface area contributed by atoms with E-state index in [9.17, 15) is 14.4 Å². The third-order valence-corrected chi connectivity index (χ3v) is 6.90. The molecule has 0 unspecified atom stereocenters. The van der Waals surface area contributed by atoms with Gasteiger partial charge in [0, 0.05) is 34.9 Å². The molecule has 9 nitrogen and oxygen atoms in total. The SMILES string of the molecule is Cc1nn(C)c(C)c1-c1cc(Br)cc(C(=O)NC[C@@H](NC(=O)OCc2ccccc2)C(=O)OCc2ccccc2)c1. The average molecular weight is 620 g/mol. The van der Waals surface area contributed by atoms with Crippen molar-refractivity contribution >= 4 is 33.9 Å². The quantitative estimate of drug-likeness (QED) is 0.235. The summed E-state index contributed by atoms with van der Waals surface area (Å²) in [5.74, 6) is -1.13. The second-order valence-corrected chi connectivity index (χ2v) is 10.4. The Morgan fingerprint density at radius 2 is 1.51 bits per heavy atom. The van der Waals surface area contributed by atoms with Crippen LogP contribution in [0, 0.1) is 13.8 Å². The van der Waals surface area contributed by atoms with Gasteiger partial charge < -0.3 is 20.1 Å². The Balaban J connectivity index is 1.46. The van der Waals surface area contributed by atoms with Crippen molar-refractivity contribution in [2.45, 2.75) is 33.1 Å². The van der Waals surface area contributed by atoms with Crippen molar-refractivity contribution in [3.63, 3.8) is 0 Å². The highest BCUT2D eigenvalue weighted by Crippen LogP contribution is 2.30. The fourth-order valence-corrected chi connectivity index (χ4v) is 4.78. The molecule has 3 aromatic carbocycles. The number of hydrogen-bond acceptors (Lipinski definition) is 6. The summed E-state index contributed by atoms with van der Waals surface area (Å²) in [7, 11) is 1.87. The molecule has 0 aliphatic rings. The monoisotopic (exact) mass is 618 g/mol. The molecule has 0 fully saturated rings. The minimum absolute atomic E-state index is 0.0175. The van der Waals surface area contributed by atoms with Gasteiger partial charge in [-0.1, -0.05) is 76.6 Å². The molecule has 0 aliphatic carbocycles. The lowest BCUT2D eigenvalue weighted by molar-refractivity contribution is -0.147. The molecule has 1 aromatic heterocycles. The summed E-state index contributed by atoms with van der Waals surface area (Å²) >= 11 is 3.49. The predicted octanol–water partition coefficient (Wildman–Crippen LogP) is 5.23. The zero-order chi connectivity index (χ0) is 29.4. The van der Waals surface area contributed by atoms with Gasteiger partial charge in [0.2, 0.25) is 0 Å². The molecule has 0 spiro atoms. The van der Waals surface area contributed by atoms with Gasteiger partial charge in [-0.2, -0.15) is 5.10 Å². The number of carbonyl (C=O) groups excluding carboxylic acids is 3. The number of nitrogens with zero attached hydrogens (tertiary/aromatic N) is 2. The van der Waals surface area contributed by atoms with Crippen molar-refractivity contribution in [2.24, 2.45) is 7.05 Å². The lowest BCUT2D eigenvalue weighted by Crippen LogP contribution is -2.49. The molecule has 1 heterocycles. The summed E-state index contributed by atoms with van der Waals surface area (Å²) in [6, 6.07) is 22.5. The lowest BCUT2D eigenvalue weighted by Gasteiger charge is -2.18. The van der Waals surface area contributed by atoms with Crippen LogP contribution < -0.4 is 10.6 Å². The Kier molecular flexibility index (Phi) is 9.91. The van der Waals surface area contributed by atoms with Crippen molar-refractivity contribution in [3.8, 4) is 11.1 Å². The number of rotatable bonds is 10. The molecule has 0 aliphatic heterocycles. The van der Waals surface area contributed by atoms with Gasteiger partial charge in [-0.25, -0.2) is 9.59 Å². The van der Waals surface area contributed by atoms with Gasteiger partial charge in [0.05, 0.1) is 5.69 Å². The Hall–Kier alpha value is -4.44. The van der Waals surface area contributed by atoms with E-state index in [0.717, 1.165) is 33.6 Å². The first kappa shape index (κ1) is 29.5. The number of amides is 2. The van der Waals surface area contributed by atoms with E-state index in [4.69, 9.17) is 9.47 Å². The van der Waals surface area contributed by atoms with Crippen LogP contribution >= 0.6 is 15.9 Å². The number of carbonyl (C=O) groups is 3. The van der Waals surface area contributed by atoms with Gasteiger partial charge in [0.15, 0.2) is 0 Å². The summed E-state index contributed by atoms with van der Waals surface area (Å²) in [5, 5.41) is 9.74. The van der Waals surface area contributed by atoms with Crippen molar-refractivity contribution in [1.82, 2.24) is 20.4 Å². The molecule has 4 aromatic rings. The van der Waals surface area contributed by atoms with Gasteiger partial charge >= 0.3 is 12.1 Å². The van der Waals surface area contributed by atoms with Gasteiger partial charge in [-0.05, 0) is 48.7 Å². The van der Waals surface area contributed by atoms with E-state index in [1.807, 2.05) is 87.6 Å². The molecule has 4 rings (SSSR count). The van der Waals surface area contributed by atoms with Crippen molar-refractivity contribution in [2.75, 3.05) is 6.54 Å². The molecule has 0 bridgehead atoms. The zero-order valence-corrected chi connectivity index (χ0v) is 24.6. The van der Waals surface area contributed by atoms with E-state index < -0.39 is 24.0 Å². The summed E-state index contributed by atoms with van der Waals surface area (Å²) in [4.78, 5) is 38.8. The van der Waals surface area contributed by atoms with Gasteiger partial charge in [-0.3, -0.25) is 9.48 Å². The van der Waals surface area contributed by atoms with Crippen LogP contribution in [-0.4, -0.2) is 40.3 Å². The topological polar surface area (TPSA) is 112 Å². The fraction of sp³-hybridized carbons (Fsp3) is 0.226. The number of alkyl carbamates (subject to hydrolysis) is 1. The third-order valence-electron chi connectivity index (χ3n) is 6.44. The Morgan fingerprint density at radius 3 is 2.10 bits per heavy atom. The molecule has 2 N–H and O–H groups in total. The van der Waals surface area contributed by atoms with Gasteiger partial charge in [-0.15, -0.1) is 0 Å². The Morgan fingerprint density at radius 1 is 0.902 bits per heavy atom. The molecule has 10 heteroatoms. The smallest absolute Gasteiger partial charge is 0.408 e. The average Bonchev–Trinajstić information content (AvgIpc) is 3.23. The van der Waals surface area contributed by atoms with Crippen molar-refractivity contribution in [3.05, 3.63) is 111 Å². The zero-order valence-electron chi connectivity index (χ0n) is 23.0. The van der Waals surface area contributed by atoms with E-state index >= 15 is 0 Å². The first-order valence-corrected chi connectivity index (χ1v) is 13.8. The first-order chi connectivity index (χ1) is 19.7. The fourth-order valence-electron chi connectivity index (χ4n) is 4.28. The number of halogens is 1. The van der Waals surface area contributed by atoms with Crippen molar-refractivity contribution in [1.29, 1.82) is 0 Å². The number of aryl methyl sites for hydroxylation is 2. The number of esters is 1. The minimum Gasteiger partial charge on any atom is -0.459 e. The summed E-state index contributed by atoms with van der Waals surface area (Å²) < 4.78 is 13.2. The maximum atomic E-state index is 13.2. The molecule has 2 amide bonds. The second kappa shape index (κ2) is 13.8. The van der Waals surface area contributed by atoms with Crippen LogP contribution in [0.4, 0.5) is 4.79 Å².